The first kappa shape index (κ1) is 12.3. The maximum Gasteiger partial charge on any atom is 0.139 e. The molecule has 0 amide bonds. The van der Waals surface area contributed by atoms with Gasteiger partial charge in [0.25, 0.3) is 0 Å². The minimum Gasteiger partial charge on any atom is -0.491 e. The normalized spacial score (nSPS) is 25.7. The van der Waals surface area contributed by atoms with Crippen LogP contribution in [0.2, 0.25) is 0 Å². The summed E-state index contributed by atoms with van der Waals surface area (Å²) in [6.45, 7) is 13.9. The highest BCUT2D eigenvalue weighted by atomic mass is 16.5. The molecule has 0 aromatic rings. The first-order valence-electron chi connectivity index (χ1n) is 5.44. The number of carbonyl (C=O) groups excluding carboxylic acids is 1. The predicted molar refractivity (Wildman–Crippen MR) is 61.5 cm³/mol. The van der Waals surface area contributed by atoms with E-state index in [9.17, 15) is 4.79 Å². The first-order chi connectivity index (χ1) is 6.51. The van der Waals surface area contributed by atoms with Crippen molar-refractivity contribution in [2.24, 2.45) is 10.8 Å². The Labute approximate surface area is 92.7 Å². The molecule has 0 atom stereocenters. The third-order valence-electron chi connectivity index (χ3n) is 3.89. The van der Waals surface area contributed by atoms with E-state index < -0.39 is 5.41 Å². The molecule has 0 aromatic heterocycles. The number of ether oxygens (including phenoxy) is 1. The first-order valence-corrected chi connectivity index (χ1v) is 5.44. The van der Waals surface area contributed by atoms with Gasteiger partial charge in [-0.05, 0) is 54.5 Å². The molecule has 1 aliphatic heterocycles. The van der Waals surface area contributed by atoms with E-state index in [4.69, 9.17) is 4.74 Å². The molecule has 0 saturated carbocycles. The summed E-state index contributed by atoms with van der Waals surface area (Å²) >= 11 is 0. The fourth-order valence-corrected chi connectivity index (χ4v) is 1.42. The summed E-state index contributed by atoms with van der Waals surface area (Å²) < 4.78 is 5.74. The van der Waals surface area contributed by atoms with Gasteiger partial charge in [0.15, 0.2) is 0 Å². The summed E-state index contributed by atoms with van der Waals surface area (Å²) in [6, 6.07) is 0. The summed E-state index contributed by atoms with van der Waals surface area (Å²) in [7, 11) is 0. The summed E-state index contributed by atoms with van der Waals surface area (Å²) in [5.41, 5.74) is -0.547. The van der Waals surface area contributed by atoms with Crippen LogP contribution in [0.1, 0.15) is 48.5 Å². The number of hydrogen-bond acceptors (Lipinski definition) is 2. The second-order valence-electron chi connectivity index (χ2n) is 6.02. The van der Waals surface area contributed by atoms with Crippen LogP contribution in [0.3, 0.4) is 0 Å². The van der Waals surface area contributed by atoms with Crippen LogP contribution in [0.25, 0.3) is 0 Å². The fourth-order valence-electron chi connectivity index (χ4n) is 1.42. The van der Waals surface area contributed by atoms with Gasteiger partial charge in [0.05, 0.1) is 5.41 Å². The topological polar surface area (TPSA) is 26.3 Å². The molecule has 0 N–H and O–H groups in total. The largest absolute Gasteiger partial charge is 0.491 e. The number of hydrogen-bond donors (Lipinski definition) is 0. The van der Waals surface area contributed by atoms with Crippen molar-refractivity contribution in [3.05, 3.63) is 11.8 Å². The molecular weight excluding hydrogens is 188 g/mol. The van der Waals surface area contributed by atoms with Gasteiger partial charge in [0.2, 0.25) is 0 Å². The molecule has 86 valence electrons. The zero-order valence-electron chi connectivity index (χ0n) is 10.9. The highest BCUT2D eigenvalue weighted by Gasteiger charge is 2.53. The van der Waals surface area contributed by atoms with Crippen LogP contribution in [0.15, 0.2) is 11.8 Å². The summed E-state index contributed by atoms with van der Waals surface area (Å²) in [6.07, 6.45) is 1.96. The Kier molecular flexibility index (Phi) is 2.54. The van der Waals surface area contributed by atoms with Gasteiger partial charge in [-0.25, -0.2) is 0 Å². The van der Waals surface area contributed by atoms with Crippen molar-refractivity contribution in [2.75, 3.05) is 0 Å². The maximum atomic E-state index is 11.4. The molecule has 0 radical (unpaired) electrons. The second kappa shape index (κ2) is 3.10. The molecule has 2 nitrogen and oxygen atoms in total. The summed E-state index contributed by atoms with van der Waals surface area (Å²) in [5, 5.41) is 0. The van der Waals surface area contributed by atoms with Crippen molar-refractivity contribution in [3.63, 3.8) is 0 Å². The molecule has 2 heteroatoms. The minimum absolute atomic E-state index is 0.0136. The van der Waals surface area contributed by atoms with Gasteiger partial charge in [-0.2, -0.15) is 0 Å². The van der Waals surface area contributed by atoms with Crippen molar-refractivity contribution < 1.29 is 9.53 Å². The van der Waals surface area contributed by atoms with Crippen molar-refractivity contribution in [1.82, 2.24) is 0 Å². The lowest BCUT2D eigenvalue weighted by atomic mass is 9.68. The number of rotatable bonds is 2. The van der Waals surface area contributed by atoms with Crippen LogP contribution in [0.4, 0.5) is 0 Å². The van der Waals surface area contributed by atoms with E-state index in [1.807, 2.05) is 19.9 Å². The van der Waals surface area contributed by atoms with Crippen molar-refractivity contribution in [2.45, 2.75) is 54.1 Å². The van der Waals surface area contributed by atoms with Crippen LogP contribution in [-0.2, 0) is 9.53 Å². The lowest BCUT2D eigenvalue weighted by Crippen LogP contribution is -2.54. The molecule has 1 heterocycles. The Morgan fingerprint density at radius 2 is 1.73 bits per heavy atom. The Bertz CT molecular complexity index is 319. The SMILES string of the molecule is CC(=O)C(C)(C)/C=C1\OC(C)(C)C1(C)C. The van der Waals surface area contributed by atoms with E-state index in [0.29, 0.717) is 0 Å². The van der Waals surface area contributed by atoms with E-state index >= 15 is 0 Å². The second-order valence-corrected chi connectivity index (χ2v) is 6.02. The quantitative estimate of drug-likeness (QED) is 0.699. The van der Waals surface area contributed by atoms with E-state index in [0.717, 1.165) is 5.76 Å². The molecule has 1 rings (SSSR count). The molecule has 1 saturated heterocycles. The zero-order valence-corrected chi connectivity index (χ0v) is 10.9. The molecular formula is C13H22O2. The van der Waals surface area contributed by atoms with Gasteiger partial charge in [-0.1, -0.05) is 0 Å². The van der Waals surface area contributed by atoms with Gasteiger partial charge >= 0.3 is 0 Å². The van der Waals surface area contributed by atoms with Crippen LogP contribution < -0.4 is 0 Å². The molecule has 0 spiro atoms. The molecule has 0 aliphatic carbocycles. The van der Waals surface area contributed by atoms with Gasteiger partial charge in [-0.15, -0.1) is 0 Å². The smallest absolute Gasteiger partial charge is 0.139 e. The standard InChI is InChI=1S/C13H22O2/c1-9(14)11(2,3)8-10-12(4,5)13(6,7)15-10/h8H,1-7H3/b10-8-. The Balaban J connectivity index is 2.96. The molecule has 0 unspecified atom stereocenters. The number of Topliss-reactive ketones (excluding diaryl/α,β-unsaturated/α-hetero) is 1. The van der Waals surface area contributed by atoms with E-state index in [-0.39, 0.29) is 16.8 Å². The van der Waals surface area contributed by atoms with Crippen LogP contribution in [0, 0.1) is 10.8 Å². The number of ketones is 1. The summed E-state index contributed by atoms with van der Waals surface area (Å²) in [4.78, 5) is 11.4. The average molecular weight is 210 g/mol. The van der Waals surface area contributed by atoms with Crippen molar-refractivity contribution in [1.29, 1.82) is 0 Å². The van der Waals surface area contributed by atoms with E-state index in [1.54, 1.807) is 6.92 Å². The van der Waals surface area contributed by atoms with Gasteiger partial charge < -0.3 is 4.74 Å². The maximum absolute atomic E-state index is 11.4. The molecule has 0 bridgehead atoms. The van der Waals surface area contributed by atoms with Crippen molar-refractivity contribution >= 4 is 5.78 Å². The monoisotopic (exact) mass is 210 g/mol. The lowest BCUT2D eigenvalue weighted by molar-refractivity contribution is -0.169. The van der Waals surface area contributed by atoms with Gasteiger partial charge in [0.1, 0.15) is 17.1 Å². The van der Waals surface area contributed by atoms with E-state index in [1.165, 1.54) is 0 Å². The Morgan fingerprint density at radius 1 is 1.27 bits per heavy atom. The van der Waals surface area contributed by atoms with Gasteiger partial charge in [-0.3, -0.25) is 4.79 Å². The van der Waals surface area contributed by atoms with Crippen molar-refractivity contribution in [3.8, 4) is 0 Å². The Hall–Kier alpha value is -0.790. The zero-order chi connectivity index (χ0) is 12.1. The third-order valence-corrected chi connectivity index (χ3v) is 3.89. The highest BCUT2D eigenvalue weighted by Crippen LogP contribution is 2.53. The van der Waals surface area contributed by atoms with Gasteiger partial charge in [0, 0.05) is 5.41 Å². The average Bonchev–Trinajstić information content (AvgIpc) is 2.02. The van der Waals surface area contributed by atoms with E-state index in [2.05, 4.69) is 27.7 Å². The fraction of sp³-hybridized carbons (Fsp3) is 0.769. The molecule has 0 aromatic carbocycles. The predicted octanol–water partition coefficient (Wildman–Crippen LogP) is 3.32. The minimum atomic E-state index is -0.427. The molecule has 1 fully saturated rings. The third kappa shape index (κ3) is 1.82. The van der Waals surface area contributed by atoms with Crippen LogP contribution in [-0.4, -0.2) is 11.4 Å². The Morgan fingerprint density at radius 3 is 2.00 bits per heavy atom. The highest BCUT2D eigenvalue weighted by molar-refractivity contribution is 5.83. The number of carbonyl (C=O) groups is 1. The lowest BCUT2D eigenvalue weighted by Gasteiger charge is -2.54. The molecule has 1 aliphatic rings. The summed E-state index contributed by atoms with van der Waals surface area (Å²) in [5.74, 6) is 1.10. The van der Waals surface area contributed by atoms with Crippen LogP contribution >= 0.6 is 0 Å². The molecule has 15 heavy (non-hydrogen) atoms. The number of allylic oxidation sites excluding steroid dienone is 1. The van der Waals surface area contributed by atoms with Crippen LogP contribution in [0.5, 0.6) is 0 Å².